The van der Waals surface area contributed by atoms with Crippen LogP contribution in [0.3, 0.4) is 0 Å². The highest BCUT2D eigenvalue weighted by atomic mass is 16.6. The highest BCUT2D eigenvalue weighted by molar-refractivity contribution is 5.87. The molecule has 0 N–H and O–H groups in total. The molecule has 4 aromatic rings. The lowest BCUT2D eigenvalue weighted by Crippen LogP contribution is -2.34. The molecule has 0 aliphatic rings. The average Bonchev–Trinajstić information content (AvgIpc) is 3.20. The highest BCUT2D eigenvalue weighted by Crippen LogP contribution is 2.27. The molecule has 1 amide bonds. The number of pyridine rings is 2. The van der Waals surface area contributed by atoms with Crippen molar-refractivity contribution in [3.63, 3.8) is 0 Å². The number of fused-ring (bicyclic) bond motifs is 1. The Morgan fingerprint density at radius 2 is 1.97 bits per heavy atom. The van der Waals surface area contributed by atoms with Crippen molar-refractivity contribution in [2.24, 2.45) is 0 Å². The molecule has 1 aromatic carbocycles. The third kappa shape index (κ3) is 5.03. The lowest BCUT2D eigenvalue weighted by atomic mass is 10.2. The molecule has 0 aliphatic heterocycles. The molecule has 0 radical (unpaired) electrons. The van der Waals surface area contributed by atoms with E-state index in [1.54, 1.807) is 31.7 Å². The van der Waals surface area contributed by atoms with Crippen LogP contribution in [0.25, 0.3) is 22.6 Å². The Kier molecular flexibility index (Phi) is 5.77. The van der Waals surface area contributed by atoms with Crippen LogP contribution >= 0.6 is 0 Å². The van der Waals surface area contributed by atoms with E-state index in [0.717, 1.165) is 11.3 Å². The molecule has 4 rings (SSSR count). The molecule has 0 unspecified atom stereocenters. The van der Waals surface area contributed by atoms with Crippen molar-refractivity contribution in [2.75, 3.05) is 11.9 Å². The normalized spacial score (nSPS) is 11.4. The van der Waals surface area contributed by atoms with Crippen LogP contribution in [0, 0.1) is 0 Å². The third-order valence-corrected chi connectivity index (χ3v) is 4.52. The van der Waals surface area contributed by atoms with Gasteiger partial charge in [-0.3, -0.25) is 14.9 Å². The van der Waals surface area contributed by atoms with Gasteiger partial charge in [0.15, 0.2) is 5.58 Å². The summed E-state index contributed by atoms with van der Waals surface area (Å²) in [7, 11) is 1.65. The topological polar surface area (TPSA) is 90.6 Å². The minimum absolute atomic E-state index is 0.273. The number of ether oxygens (including phenoxy) is 2. The van der Waals surface area contributed by atoms with E-state index in [1.807, 2.05) is 57.2 Å². The number of nitrogens with zero attached hydrogens (tertiary/aromatic N) is 4. The predicted octanol–water partition coefficient (Wildman–Crippen LogP) is 5.24. The fraction of sp³-hybridized carbons (Fsp3) is 0.250. The summed E-state index contributed by atoms with van der Waals surface area (Å²) in [6, 6.07) is 12.8. The van der Waals surface area contributed by atoms with Crippen molar-refractivity contribution < 1.29 is 18.7 Å². The Morgan fingerprint density at radius 3 is 2.66 bits per heavy atom. The first kappa shape index (κ1) is 21.3. The zero-order valence-electron chi connectivity index (χ0n) is 18.4. The molecule has 32 heavy (non-hydrogen) atoms. The Hall–Kier alpha value is -3.94. The summed E-state index contributed by atoms with van der Waals surface area (Å²) in [4.78, 5) is 26.6. The first-order valence-electron chi connectivity index (χ1n) is 10.1. The fourth-order valence-electron chi connectivity index (χ4n) is 2.90. The molecular formula is C24H24N4O4. The van der Waals surface area contributed by atoms with Gasteiger partial charge in [-0.05, 0) is 57.2 Å². The Bertz CT molecular complexity index is 1210. The Balaban J connectivity index is 1.40. The number of benzene rings is 1. The summed E-state index contributed by atoms with van der Waals surface area (Å²) >= 11 is 0. The van der Waals surface area contributed by atoms with E-state index in [9.17, 15) is 4.79 Å². The molecule has 0 bridgehead atoms. The molecular weight excluding hydrogens is 408 g/mol. The average molecular weight is 432 g/mol. The SMILES string of the molecule is CN(C(=O)OC(C)(C)C)c1ccc(COc2ccc3oc(-c4cccnc4)nc3c2)nc1. The highest BCUT2D eigenvalue weighted by Gasteiger charge is 2.20. The second kappa shape index (κ2) is 8.66. The minimum atomic E-state index is -0.559. The van der Waals surface area contributed by atoms with Gasteiger partial charge in [-0.15, -0.1) is 0 Å². The smallest absolute Gasteiger partial charge is 0.414 e. The number of anilines is 1. The van der Waals surface area contributed by atoms with E-state index < -0.39 is 11.7 Å². The summed E-state index contributed by atoms with van der Waals surface area (Å²) in [6.45, 7) is 5.75. The quantitative estimate of drug-likeness (QED) is 0.426. The van der Waals surface area contributed by atoms with E-state index in [2.05, 4.69) is 15.0 Å². The van der Waals surface area contributed by atoms with E-state index >= 15 is 0 Å². The number of aromatic nitrogens is 3. The van der Waals surface area contributed by atoms with Gasteiger partial charge in [0.25, 0.3) is 0 Å². The van der Waals surface area contributed by atoms with Crippen LogP contribution in [-0.2, 0) is 11.3 Å². The van der Waals surface area contributed by atoms with Crippen LogP contribution in [0.1, 0.15) is 26.5 Å². The van der Waals surface area contributed by atoms with Crippen LogP contribution in [0.15, 0.2) is 65.5 Å². The molecule has 8 nitrogen and oxygen atoms in total. The second-order valence-corrected chi connectivity index (χ2v) is 8.23. The van der Waals surface area contributed by atoms with Crippen LogP contribution in [0.2, 0.25) is 0 Å². The molecule has 0 saturated heterocycles. The maximum absolute atomic E-state index is 12.2. The number of hydrogen-bond donors (Lipinski definition) is 0. The largest absolute Gasteiger partial charge is 0.487 e. The molecule has 0 saturated carbocycles. The van der Waals surface area contributed by atoms with Crippen molar-refractivity contribution >= 4 is 22.9 Å². The van der Waals surface area contributed by atoms with Gasteiger partial charge >= 0.3 is 6.09 Å². The lowest BCUT2D eigenvalue weighted by Gasteiger charge is -2.24. The van der Waals surface area contributed by atoms with Crippen LogP contribution in [-0.4, -0.2) is 33.7 Å². The van der Waals surface area contributed by atoms with Crippen molar-refractivity contribution in [3.05, 3.63) is 66.7 Å². The van der Waals surface area contributed by atoms with Crippen LogP contribution in [0.5, 0.6) is 5.75 Å². The zero-order chi connectivity index (χ0) is 22.7. The van der Waals surface area contributed by atoms with Crippen LogP contribution < -0.4 is 9.64 Å². The first-order chi connectivity index (χ1) is 15.3. The summed E-state index contributed by atoms with van der Waals surface area (Å²) in [5, 5.41) is 0. The fourth-order valence-corrected chi connectivity index (χ4v) is 2.90. The third-order valence-electron chi connectivity index (χ3n) is 4.52. The Labute approximate surface area is 185 Å². The zero-order valence-corrected chi connectivity index (χ0v) is 18.4. The number of carbonyl (C=O) groups excluding carboxylic acids is 1. The van der Waals surface area contributed by atoms with Crippen molar-refractivity contribution in [2.45, 2.75) is 33.0 Å². The maximum atomic E-state index is 12.2. The lowest BCUT2D eigenvalue weighted by molar-refractivity contribution is 0.0589. The van der Waals surface area contributed by atoms with Gasteiger partial charge in [-0.2, -0.15) is 0 Å². The standard InChI is InChI=1S/C24H24N4O4/c1-24(2,3)32-23(29)28(4)18-8-7-17(26-14-18)15-30-19-9-10-21-20(12-19)27-22(31-21)16-6-5-11-25-13-16/h5-14H,15H2,1-4H3. The van der Waals surface area contributed by atoms with Crippen molar-refractivity contribution in [1.82, 2.24) is 15.0 Å². The number of oxazole rings is 1. The first-order valence-corrected chi connectivity index (χ1v) is 10.1. The number of rotatable bonds is 5. The van der Waals surface area contributed by atoms with Gasteiger partial charge in [0, 0.05) is 25.5 Å². The molecule has 0 atom stereocenters. The van der Waals surface area contributed by atoms with Crippen molar-refractivity contribution in [3.8, 4) is 17.2 Å². The molecule has 164 valence electrons. The predicted molar refractivity (Wildman–Crippen MR) is 120 cm³/mol. The molecule has 0 aliphatic carbocycles. The van der Waals surface area contributed by atoms with E-state index in [-0.39, 0.29) is 6.61 Å². The molecule has 0 fully saturated rings. The van der Waals surface area contributed by atoms with Gasteiger partial charge in [0.1, 0.15) is 23.5 Å². The van der Waals surface area contributed by atoms with Gasteiger partial charge < -0.3 is 13.9 Å². The minimum Gasteiger partial charge on any atom is -0.487 e. The van der Waals surface area contributed by atoms with Crippen LogP contribution in [0.4, 0.5) is 10.5 Å². The number of amides is 1. The van der Waals surface area contributed by atoms with Gasteiger partial charge in [0.2, 0.25) is 5.89 Å². The number of carbonyl (C=O) groups is 1. The van der Waals surface area contributed by atoms with E-state index in [1.165, 1.54) is 4.90 Å². The van der Waals surface area contributed by atoms with E-state index in [0.29, 0.717) is 28.4 Å². The van der Waals surface area contributed by atoms with Crippen molar-refractivity contribution in [1.29, 1.82) is 0 Å². The van der Waals surface area contributed by atoms with Gasteiger partial charge in [-0.25, -0.2) is 9.78 Å². The molecule has 3 heterocycles. The van der Waals surface area contributed by atoms with E-state index in [4.69, 9.17) is 13.9 Å². The molecule has 8 heteroatoms. The second-order valence-electron chi connectivity index (χ2n) is 8.23. The molecule has 3 aromatic heterocycles. The summed E-state index contributed by atoms with van der Waals surface area (Å²) in [5.41, 5.74) is 2.98. The monoisotopic (exact) mass is 432 g/mol. The summed E-state index contributed by atoms with van der Waals surface area (Å²) in [5.74, 6) is 1.16. The summed E-state index contributed by atoms with van der Waals surface area (Å²) in [6.07, 6.45) is 4.59. The van der Waals surface area contributed by atoms with Gasteiger partial charge in [0.05, 0.1) is 23.1 Å². The maximum Gasteiger partial charge on any atom is 0.414 e. The van der Waals surface area contributed by atoms with Gasteiger partial charge in [-0.1, -0.05) is 0 Å². The number of hydrogen-bond acceptors (Lipinski definition) is 7. The summed E-state index contributed by atoms with van der Waals surface area (Å²) < 4.78 is 17.0. The molecule has 0 spiro atoms. The Morgan fingerprint density at radius 1 is 1.12 bits per heavy atom.